The average molecular weight is 353 g/mol. The summed E-state index contributed by atoms with van der Waals surface area (Å²) in [5, 5.41) is 8.45. The summed E-state index contributed by atoms with van der Waals surface area (Å²) in [7, 11) is 0. The second-order valence-corrected chi connectivity index (χ2v) is 7.54. The second kappa shape index (κ2) is 7.58. The number of rotatable bonds is 4. The summed E-state index contributed by atoms with van der Waals surface area (Å²) in [4.78, 5) is 16.9. The molecular weight excluding hydrogens is 326 g/mol. The molecule has 2 fully saturated rings. The lowest BCUT2D eigenvalue weighted by Gasteiger charge is -2.32. The van der Waals surface area contributed by atoms with E-state index < -0.39 is 0 Å². The van der Waals surface area contributed by atoms with Crippen LogP contribution in [0, 0.1) is 6.92 Å². The smallest absolute Gasteiger partial charge is 0.276 e. The molecule has 0 bridgehead atoms. The molecule has 6 nitrogen and oxygen atoms in total. The van der Waals surface area contributed by atoms with E-state index in [9.17, 15) is 4.79 Å². The fraction of sp³-hybridized carbons (Fsp3) is 0.550. The molecule has 2 aliphatic heterocycles. The minimum Gasteiger partial charge on any atom is -0.337 e. The molecule has 0 unspecified atom stereocenters. The second-order valence-electron chi connectivity index (χ2n) is 7.54. The van der Waals surface area contributed by atoms with Gasteiger partial charge in [0, 0.05) is 26.2 Å². The van der Waals surface area contributed by atoms with Gasteiger partial charge in [-0.1, -0.05) is 29.5 Å². The van der Waals surface area contributed by atoms with E-state index in [4.69, 9.17) is 0 Å². The molecule has 2 aliphatic rings. The fourth-order valence-electron chi connectivity index (χ4n) is 4.05. The number of carbonyl (C=O) groups excluding carboxylic acids is 1. The van der Waals surface area contributed by atoms with Gasteiger partial charge >= 0.3 is 0 Å². The van der Waals surface area contributed by atoms with Gasteiger partial charge in [-0.25, -0.2) is 4.68 Å². The first-order chi connectivity index (χ1) is 12.7. The first-order valence-electron chi connectivity index (χ1n) is 9.68. The van der Waals surface area contributed by atoms with Crippen molar-refractivity contribution in [3.8, 4) is 0 Å². The van der Waals surface area contributed by atoms with Crippen LogP contribution in [0.4, 0.5) is 0 Å². The van der Waals surface area contributed by atoms with Crippen molar-refractivity contribution < 1.29 is 4.79 Å². The van der Waals surface area contributed by atoms with Crippen LogP contribution in [0.1, 0.15) is 53.3 Å². The van der Waals surface area contributed by atoms with Crippen LogP contribution < -0.4 is 0 Å². The topological polar surface area (TPSA) is 54.3 Å². The summed E-state index contributed by atoms with van der Waals surface area (Å²) < 4.78 is 1.91. The molecule has 4 rings (SSSR count). The highest BCUT2D eigenvalue weighted by Gasteiger charge is 2.26. The van der Waals surface area contributed by atoms with Crippen molar-refractivity contribution in [1.29, 1.82) is 0 Å². The predicted molar refractivity (Wildman–Crippen MR) is 99.9 cm³/mol. The standard InChI is InChI=1S/C20H27N5O/c1-16-7-2-3-8-17(16)13-23-10-6-9-18(14-23)25-15-19(21-22-25)20(26)24-11-4-5-12-24/h2-3,7-8,15,18H,4-6,9-14H2,1H3/t18-/m1/s1. The maximum Gasteiger partial charge on any atom is 0.276 e. The number of hydrogen-bond acceptors (Lipinski definition) is 4. The van der Waals surface area contributed by atoms with E-state index in [1.54, 1.807) is 0 Å². The molecular formula is C20H27N5O. The molecule has 0 spiro atoms. The molecule has 1 aromatic carbocycles. The maximum absolute atomic E-state index is 12.5. The van der Waals surface area contributed by atoms with Crippen LogP contribution in [-0.4, -0.2) is 56.9 Å². The van der Waals surface area contributed by atoms with Crippen LogP contribution >= 0.6 is 0 Å². The number of carbonyl (C=O) groups is 1. The van der Waals surface area contributed by atoms with E-state index in [1.165, 1.54) is 11.1 Å². The van der Waals surface area contributed by atoms with Gasteiger partial charge < -0.3 is 4.90 Å². The summed E-state index contributed by atoms with van der Waals surface area (Å²) in [5.74, 6) is 0.0290. The van der Waals surface area contributed by atoms with Gasteiger partial charge in [-0.05, 0) is 50.3 Å². The lowest BCUT2D eigenvalue weighted by molar-refractivity contribution is 0.0787. The lowest BCUT2D eigenvalue weighted by Crippen LogP contribution is -2.36. The Labute approximate surface area is 154 Å². The summed E-state index contributed by atoms with van der Waals surface area (Å²) in [6.45, 7) is 6.90. The van der Waals surface area contributed by atoms with Gasteiger partial charge in [-0.15, -0.1) is 5.10 Å². The quantitative estimate of drug-likeness (QED) is 0.848. The molecule has 0 saturated carbocycles. The third-order valence-corrected chi connectivity index (χ3v) is 5.63. The average Bonchev–Trinajstić information content (AvgIpc) is 3.36. The molecule has 1 aromatic heterocycles. The van der Waals surface area contributed by atoms with Gasteiger partial charge in [0.05, 0.1) is 12.2 Å². The monoisotopic (exact) mass is 353 g/mol. The lowest BCUT2D eigenvalue weighted by atomic mass is 10.0. The van der Waals surface area contributed by atoms with Crippen molar-refractivity contribution in [3.63, 3.8) is 0 Å². The molecule has 2 saturated heterocycles. The maximum atomic E-state index is 12.5. The number of likely N-dealkylation sites (tertiary alicyclic amines) is 2. The Bertz CT molecular complexity index is 765. The molecule has 0 aliphatic carbocycles. The molecule has 2 aromatic rings. The number of benzene rings is 1. The van der Waals surface area contributed by atoms with Gasteiger partial charge in [0.25, 0.3) is 5.91 Å². The van der Waals surface area contributed by atoms with Gasteiger partial charge in [0.15, 0.2) is 5.69 Å². The molecule has 0 radical (unpaired) electrons. The Kier molecular flexibility index (Phi) is 5.02. The Morgan fingerprint density at radius 2 is 1.96 bits per heavy atom. The Hall–Kier alpha value is -2.21. The minimum atomic E-state index is 0.0290. The van der Waals surface area contributed by atoms with Crippen molar-refractivity contribution in [2.45, 2.75) is 45.2 Å². The SMILES string of the molecule is Cc1ccccc1CN1CCC[C@@H](n2cc(C(=O)N3CCCC3)nn2)C1. The van der Waals surface area contributed by atoms with E-state index in [0.29, 0.717) is 11.7 Å². The van der Waals surface area contributed by atoms with Gasteiger partial charge in [0.2, 0.25) is 0 Å². The molecule has 1 amide bonds. The third kappa shape index (κ3) is 3.65. The zero-order valence-electron chi connectivity index (χ0n) is 15.5. The van der Waals surface area contributed by atoms with E-state index in [2.05, 4.69) is 46.4 Å². The van der Waals surface area contributed by atoms with E-state index in [-0.39, 0.29) is 5.91 Å². The van der Waals surface area contributed by atoms with Gasteiger partial charge in [0.1, 0.15) is 0 Å². The highest BCUT2D eigenvalue weighted by atomic mass is 16.2. The molecule has 1 atom stereocenters. The summed E-state index contributed by atoms with van der Waals surface area (Å²) in [6, 6.07) is 8.87. The van der Waals surface area contributed by atoms with Crippen LogP contribution in [-0.2, 0) is 6.54 Å². The van der Waals surface area contributed by atoms with Crippen molar-refractivity contribution in [2.75, 3.05) is 26.2 Å². The minimum absolute atomic E-state index is 0.0290. The van der Waals surface area contributed by atoms with Crippen molar-refractivity contribution in [1.82, 2.24) is 24.8 Å². The van der Waals surface area contributed by atoms with Crippen LogP contribution in [0.2, 0.25) is 0 Å². The number of hydrogen-bond donors (Lipinski definition) is 0. The zero-order valence-corrected chi connectivity index (χ0v) is 15.5. The zero-order chi connectivity index (χ0) is 17.9. The predicted octanol–water partition coefficient (Wildman–Crippen LogP) is 2.66. The molecule has 0 N–H and O–H groups in total. The Morgan fingerprint density at radius 1 is 1.15 bits per heavy atom. The van der Waals surface area contributed by atoms with E-state index in [1.807, 2.05) is 15.8 Å². The molecule has 26 heavy (non-hydrogen) atoms. The molecule has 6 heteroatoms. The van der Waals surface area contributed by atoms with Crippen LogP contribution in [0.5, 0.6) is 0 Å². The number of aryl methyl sites for hydroxylation is 1. The number of nitrogens with zero attached hydrogens (tertiary/aromatic N) is 5. The van der Waals surface area contributed by atoms with Crippen molar-refractivity contribution >= 4 is 5.91 Å². The fourth-order valence-corrected chi connectivity index (χ4v) is 4.05. The number of piperidine rings is 1. The van der Waals surface area contributed by atoms with Crippen molar-refractivity contribution in [2.24, 2.45) is 0 Å². The Balaban J connectivity index is 1.41. The third-order valence-electron chi connectivity index (χ3n) is 5.63. The summed E-state index contributed by atoms with van der Waals surface area (Å²) in [5.41, 5.74) is 3.22. The van der Waals surface area contributed by atoms with Gasteiger partial charge in [-0.2, -0.15) is 0 Å². The normalized spacial score (nSPS) is 21.3. The molecule has 3 heterocycles. The van der Waals surface area contributed by atoms with Crippen LogP contribution in [0.25, 0.3) is 0 Å². The Morgan fingerprint density at radius 3 is 2.77 bits per heavy atom. The largest absolute Gasteiger partial charge is 0.337 e. The van der Waals surface area contributed by atoms with Crippen LogP contribution in [0.15, 0.2) is 30.5 Å². The summed E-state index contributed by atoms with van der Waals surface area (Å²) >= 11 is 0. The highest BCUT2D eigenvalue weighted by Crippen LogP contribution is 2.23. The first kappa shape index (κ1) is 17.2. The highest BCUT2D eigenvalue weighted by molar-refractivity contribution is 5.92. The van der Waals surface area contributed by atoms with E-state index >= 15 is 0 Å². The number of aromatic nitrogens is 3. The van der Waals surface area contributed by atoms with Gasteiger partial charge in [-0.3, -0.25) is 9.69 Å². The molecule has 138 valence electrons. The van der Waals surface area contributed by atoms with Crippen LogP contribution in [0.3, 0.4) is 0 Å². The van der Waals surface area contributed by atoms with Crippen molar-refractivity contribution in [3.05, 3.63) is 47.3 Å². The number of amides is 1. The first-order valence-corrected chi connectivity index (χ1v) is 9.68. The van der Waals surface area contributed by atoms with E-state index in [0.717, 1.165) is 58.4 Å². The summed E-state index contributed by atoms with van der Waals surface area (Å²) in [6.07, 6.45) is 6.27.